The van der Waals surface area contributed by atoms with Crippen molar-refractivity contribution in [1.29, 1.82) is 0 Å². The van der Waals surface area contributed by atoms with Crippen LogP contribution in [0.2, 0.25) is 0 Å². The summed E-state index contributed by atoms with van der Waals surface area (Å²) in [5.41, 5.74) is -0.592. The number of amides is 2. The molecule has 2 amide bonds. The Bertz CT molecular complexity index is 441. The summed E-state index contributed by atoms with van der Waals surface area (Å²) in [5, 5.41) is 22.4. The van der Waals surface area contributed by atoms with Gasteiger partial charge in [-0.1, -0.05) is 0 Å². The number of carbonyl (C=O) groups is 2. The summed E-state index contributed by atoms with van der Waals surface area (Å²) in [7, 11) is 0. The summed E-state index contributed by atoms with van der Waals surface area (Å²) in [6.07, 6.45) is 5.49. The molecule has 2 saturated carbocycles. The molecule has 2 aliphatic carbocycles. The van der Waals surface area contributed by atoms with Crippen LogP contribution in [-0.2, 0) is 4.79 Å². The second-order valence-corrected chi connectivity index (χ2v) is 6.94. The van der Waals surface area contributed by atoms with Crippen molar-refractivity contribution in [3.8, 4) is 0 Å². The number of aliphatic carboxylic acids is 1. The number of carboxylic acid groups (broad SMARTS) is 1. The van der Waals surface area contributed by atoms with Gasteiger partial charge in [-0.25, -0.2) is 4.79 Å². The highest BCUT2D eigenvalue weighted by Crippen LogP contribution is 2.51. The molecule has 6 heteroatoms. The van der Waals surface area contributed by atoms with Crippen molar-refractivity contribution in [3.63, 3.8) is 0 Å². The molecule has 0 aromatic carbocycles. The smallest absolute Gasteiger partial charge is 0.317 e. The van der Waals surface area contributed by atoms with Crippen LogP contribution >= 0.6 is 0 Å². The molecule has 2 bridgehead atoms. The van der Waals surface area contributed by atoms with Gasteiger partial charge in [0.15, 0.2) is 0 Å². The van der Waals surface area contributed by atoms with Gasteiger partial charge in [-0.3, -0.25) is 4.79 Å². The SMILES string of the molecule is O=C(O)C1CCN(C(=O)NCCC2(O)CC3CCC2C3)C1. The Labute approximate surface area is 124 Å². The Kier molecular flexibility index (Phi) is 3.82. The molecule has 4 atom stereocenters. The van der Waals surface area contributed by atoms with Crippen LogP contribution in [0.1, 0.15) is 38.5 Å². The van der Waals surface area contributed by atoms with E-state index in [0.29, 0.717) is 37.8 Å². The first-order valence-corrected chi connectivity index (χ1v) is 7.96. The van der Waals surface area contributed by atoms with E-state index in [1.54, 1.807) is 4.90 Å². The molecule has 1 aliphatic heterocycles. The number of aliphatic hydroxyl groups is 1. The zero-order valence-corrected chi connectivity index (χ0v) is 12.3. The van der Waals surface area contributed by atoms with Gasteiger partial charge in [0.25, 0.3) is 0 Å². The molecule has 21 heavy (non-hydrogen) atoms. The minimum absolute atomic E-state index is 0.203. The molecule has 3 fully saturated rings. The number of hydrogen-bond acceptors (Lipinski definition) is 3. The number of likely N-dealkylation sites (tertiary alicyclic amines) is 1. The monoisotopic (exact) mass is 296 g/mol. The Morgan fingerprint density at radius 1 is 1.29 bits per heavy atom. The van der Waals surface area contributed by atoms with Crippen LogP contribution in [0.25, 0.3) is 0 Å². The summed E-state index contributed by atoms with van der Waals surface area (Å²) in [6, 6.07) is -0.203. The van der Waals surface area contributed by atoms with Crippen LogP contribution in [0.5, 0.6) is 0 Å². The first-order chi connectivity index (χ1) is 9.98. The Hall–Kier alpha value is -1.30. The fourth-order valence-electron chi connectivity index (χ4n) is 4.37. The molecule has 1 saturated heterocycles. The quantitative estimate of drug-likeness (QED) is 0.723. The third-order valence-corrected chi connectivity index (χ3v) is 5.60. The van der Waals surface area contributed by atoms with E-state index in [4.69, 9.17) is 5.11 Å². The number of carbonyl (C=O) groups excluding carboxylic acids is 1. The van der Waals surface area contributed by atoms with Crippen LogP contribution in [0.3, 0.4) is 0 Å². The number of hydrogen-bond donors (Lipinski definition) is 3. The van der Waals surface area contributed by atoms with Crippen molar-refractivity contribution >= 4 is 12.0 Å². The number of urea groups is 1. The highest BCUT2D eigenvalue weighted by molar-refractivity contribution is 5.77. The van der Waals surface area contributed by atoms with E-state index in [-0.39, 0.29) is 12.6 Å². The molecule has 3 aliphatic rings. The second-order valence-electron chi connectivity index (χ2n) is 6.94. The van der Waals surface area contributed by atoms with Crippen molar-refractivity contribution in [3.05, 3.63) is 0 Å². The molecule has 3 rings (SSSR count). The lowest BCUT2D eigenvalue weighted by Crippen LogP contribution is -2.43. The van der Waals surface area contributed by atoms with Crippen LogP contribution in [0, 0.1) is 17.8 Å². The van der Waals surface area contributed by atoms with E-state index >= 15 is 0 Å². The lowest BCUT2D eigenvalue weighted by atomic mass is 9.82. The number of nitrogens with one attached hydrogen (secondary N) is 1. The molecular weight excluding hydrogens is 272 g/mol. The van der Waals surface area contributed by atoms with Gasteiger partial charge in [-0.2, -0.15) is 0 Å². The Morgan fingerprint density at radius 3 is 2.67 bits per heavy atom. The van der Waals surface area contributed by atoms with E-state index < -0.39 is 17.5 Å². The first kappa shape index (κ1) is 14.6. The van der Waals surface area contributed by atoms with Crippen molar-refractivity contribution in [2.75, 3.05) is 19.6 Å². The average molecular weight is 296 g/mol. The van der Waals surface area contributed by atoms with E-state index in [1.807, 2.05) is 0 Å². The highest BCUT2D eigenvalue weighted by Gasteiger charge is 2.49. The molecule has 0 aromatic rings. The number of nitrogens with zero attached hydrogens (tertiary/aromatic N) is 1. The van der Waals surface area contributed by atoms with E-state index in [9.17, 15) is 14.7 Å². The average Bonchev–Trinajstić information content (AvgIpc) is 3.13. The lowest BCUT2D eigenvalue weighted by molar-refractivity contribution is -0.141. The maximum atomic E-state index is 12.0. The van der Waals surface area contributed by atoms with Gasteiger partial charge in [-0.05, 0) is 50.4 Å². The topological polar surface area (TPSA) is 89.9 Å². The van der Waals surface area contributed by atoms with Gasteiger partial charge in [0.2, 0.25) is 0 Å². The maximum Gasteiger partial charge on any atom is 0.317 e. The highest BCUT2D eigenvalue weighted by atomic mass is 16.4. The largest absolute Gasteiger partial charge is 0.481 e. The number of fused-ring (bicyclic) bond motifs is 2. The molecule has 0 radical (unpaired) electrons. The first-order valence-electron chi connectivity index (χ1n) is 7.96. The zero-order chi connectivity index (χ0) is 15.0. The molecule has 0 spiro atoms. The van der Waals surface area contributed by atoms with Crippen molar-refractivity contribution in [2.45, 2.75) is 44.1 Å². The van der Waals surface area contributed by atoms with Crippen molar-refractivity contribution in [1.82, 2.24) is 10.2 Å². The molecule has 6 nitrogen and oxygen atoms in total. The summed E-state index contributed by atoms with van der Waals surface area (Å²) >= 11 is 0. The third kappa shape index (κ3) is 2.86. The predicted octanol–water partition coefficient (Wildman–Crippen LogP) is 1.04. The fraction of sp³-hybridized carbons (Fsp3) is 0.867. The Morgan fingerprint density at radius 2 is 2.10 bits per heavy atom. The molecule has 4 unspecified atom stereocenters. The van der Waals surface area contributed by atoms with Crippen LogP contribution < -0.4 is 5.32 Å². The van der Waals surface area contributed by atoms with E-state index in [1.165, 1.54) is 6.42 Å². The summed E-state index contributed by atoms with van der Waals surface area (Å²) in [5.74, 6) is -0.194. The minimum Gasteiger partial charge on any atom is -0.481 e. The van der Waals surface area contributed by atoms with Crippen LogP contribution in [0.15, 0.2) is 0 Å². The van der Waals surface area contributed by atoms with Gasteiger partial charge in [0, 0.05) is 19.6 Å². The molecule has 1 heterocycles. The lowest BCUT2D eigenvalue weighted by Gasteiger charge is -2.32. The van der Waals surface area contributed by atoms with Gasteiger partial charge in [0.1, 0.15) is 0 Å². The Balaban J connectivity index is 1.42. The van der Waals surface area contributed by atoms with E-state index in [0.717, 1.165) is 19.3 Å². The van der Waals surface area contributed by atoms with E-state index in [2.05, 4.69) is 5.32 Å². The summed E-state index contributed by atoms with van der Waals surface area (Å²) in [6.45, 7) is 1.25. The molecular formula is C15H24N2O4. The summed E-state index contributed by atoms with van der Waals surface area (Å²) in [4.78, 5) is 24.4. The standard InChI is InChI=1S/C15H24N2O4/c18-13(19)11-3-6-17(9-11)14(20)16-5-4-15(21)8-10-1-2-12(15)7-10/h10-12,21H,1-9H2,(H,16,20)(H,18,19). The van der Waals surface area contributed by atoms with Crippen LogP contribution in [-0.4, -0.2) is 52.3 Å². The zero-order valence-electron chi connectivity index (χ0n) is 12.3. The van der Waals surface area contributed by atoms with Crippen molar-refractivity contribution in [2.24, 2.45) is 17.8 Å². The molecule has 3 N–H and O–H groups in total. The van der Waals surface area contributed by atoms with Gasteiger partial charge >= 0.3 is 12.0 Å². The number of rotatable bonds is 4. The van der Waals surface area contributed by atoms with Gasteiger partial charge in [0.05, 0.1) is 11.5 Å². The summed E-state index contributed by atoms with van der Waals surface area (Å²) < 4.78 is 0. The van der Waals surface area contributed by atoms with Crippen molar-refractivity contribution < 1.29 is 19.8 Å². The van der Waals surface area contributed by atoms with Crippen LogP contribution in [0.4, 0.5) is 4.79 Å². The van der Waals surface area contributed by atoms with Gasteiger partial charge < -0.3 is 20.4 Å². The molecule has 118 valence electrons. The third-order valence-electron chi connectivity index (χ3n) is 5.60. The maximum absolute atomic E-state index is 12.0. The second kappa shape index (κ2) is 5.48. The fourth-order valence-corrected chi connectivity index (χ4v) is 4.37. The molecule has 0 aromatic heterocycles. The van der Waals surface area contributed by atoms with Gasteiger partial charge in [-0.15, -0.1) is 0 Å². The minimum atomic E-state index is -0.832. The predicted molar refractivity (Wildman–Crippen MR) is 75.7 cm³/mol. The normalized spacial score (nSPS) is 38.0. The number of carboxylic acids is 1.